The van der Waals surface area contributed by atoms with Crippen molar-refractivity contribution in [1.29, 1.82) is 0 Å². The molecule has 0 atom stereocenters. The maximum atomic E-state index is 11.7. The van der Waals surface area contributed by atoms with Crippen LogP contribution in [0, 0.1) is 6.07 Å². The fraction of sp³-hybridized carbons (Fsp3) is 0.167. The predicted octanol–water partition coefficient (Wildman–Crippen LogP) is 1.90. The molecule has 0 unspecified atom stereocenters. The van der Waals surface area contributed by atoms with E-state index in [0.29, 0.717) is 0 Å². The fourth-order valence-corrected chi connectivity index (χ4v) is 0.480. The Kier molecular flexibility index (Phi) is 3.73. The summed E-state index contributed by atoms with van der Waals surface area (Å²) in [6, 6.07) is 3.09. The van der Waals surface area contributed by atoms with E-state index < -0.39 is 11.7 Å². The first-order valence-corrected chi connectivity index (χ1v) is 2.49. The topological polar surface area (TPSA) is 12.9 Å². The monoisotopic (exact) mass is 330 g/mol. The molecule has 0 saturated carbocycles. The molecule has 0 N–H and O–H groups in total. The van der Waals surface area contributed by atoms with E-state index in [-0.39, 0.29) is 21.1 Å². The average molecular weight is 330 g/mol. The molecule has 1 nitrogen and oxygen atoms in total. The van der Waals surface area contributed by atoms with Gasteiger partial charge in [0.25, 0.3) is 0 Å². The van der Waals surface area contributed by atoms with Crippen molar-refractivity contribution in [1.82, 2.24) is 4.98 Å². The van der Waals surface area contributed by atoms with E-state index in [1.165, 1.54) is 6.20 Å². The number of alkyl halides is 3. The number of hydrogen-bond acceptors (Lipinski definition) is 1. The van der Waals surface area contributed by atoms with Crippen LogP contribution in [-0.4, -0.2) is 4.98 Å². The van der Waals surface area contributed by atoms with Gasteiger partial charge in [-0.25, -0.2) is 12.1 Å². The second-order valence-corrected chi connectivity index (χ2v) is 1.67. The molecule has 0 aromatic carbocycles. The first-order valence-electron chi connectivity index (χ1n) is 2.49. The van der Waals surface area contributed by atoms with Crippen LogP contribution in [-0.2, 0) is 27.2 Å². The summed E-state index contributed by atoms with van der Waals surface area (Å²) in [5, 5.41) is 0. The summed E-state index contributed by atoms with van der Waals surface area (Å²) in [6.07, 6.45) is -2.36. The van der Waals surface area contributed by atoms with Crippen LogP contribution in [0.1, 0.15) is 5.56 Å². The Bertz CT molecular complexity index is 209. The van der Waals surface area contributed by atoms with Crippen LogP contribution < -0.4 is 0 Å². The second kappa shape index (κ2) is 3.86. The molecule has 0 bridgehead atoms. The van der Waals surface area contributed by atoms with Crippen LogP contribution in [0.3, 0.4) is 0 Å². The Labute approximate surface area is 75.9 Å². The third-order valence-electron chi connectivity index (χ3n) is 0.929. The van der Waals surface area contributed by atoms with Crippen molar-refractivity contribution in [3.8, 4) is 0 Å². The van der Waals surface area contributed by atoms with Crippen molar-refractivity contribution in [2.24, 2.45) is 0 Å². The minimum absolute atomic E-state index is 0. The maximum Gasteiger partial charge on any atom is 0.350 e. The first-order chi connectivity index (χ1) is 4.61. The SMILES string of the molecule is FC(F)(F)c1c[c-]cnc1.[W]. The third kappa shape index (κ3) is 3.02. The van der Waals surface area contributed by atoms with Gasteiger partial charge >= 0.3 is 6.18 Å². The zero-order valence-electron chi connectivity index (χ0n) is 5.22. The van der Waals surface area contributed by atoms with Crippen LogP contribution in [0.15, 0.2) is 18.5 Å². The normalized spacial score (nSPS) is 10.5. The van der Waals surface area contributed by atoms with E-state index in [1.54, 1.807) is 0 Å². The molecule has 0 aliphatic rings. The Morgan fingerprint density at radius 1 is 1.36 bits per heavy atom. The summed E-state index contributed by atoms with van der Waals surface area (Å²) in [6.45, 7) is 0. The largest absolute Gasteiger partial charge is 0.350 e. The minimum atomic E-state index is -4.30. The number of rotatable bonds is 0. The number of pyridine rings is 1. The van der Waals surface area contributed by atoms with E-state index in [9.17, 15) is 13.2 Å². The van der Waals surface area contributed by atoms with E-state index in [1.807, 2.05) is 0 Å². The molecule has 1 aromatic rings. The Hall–Kier alpha value is -0.372. The minimum Gasteiger partial charge on any atom is -0.303 e. The second-order valence-electron chi connectivity index (χ2n) is 1.67. The van der Waals surface area contributed by atoms with E-state index >= 15 is 0 Å². The van der Waals surface area contributed by atoms with Crippen molar-refractivity contribution >= 4 is 0 Å². The number of nitrogens with zero attached hydrogens (tertiary/aromatic N) is 1. The van der Waals surface area contributed by atoms with Crippen LogP contribution in [0.5, 0.6) is 0 Å². The zero-order chi connectivity index (χ0) is 7.61. The summed E-state index contributed by atoms with van der Waals surface area (Å²) in [5.41, 5.74) is -0.769. The van der Waals surface area contributed by atoms with Crippen LogP contribution >= 0.6 is 0 Å². The van der Waals surface area contributed by atoms with Crippen molar-refractivity contribution in [3.05, 3.63) is 30.1 Å². The van der Waals surface area contributed by atoms with Crippen LogP contribution in [0.2, 0.25) is 0 Å². The van der Waals surface area contributed by atoms with Crippen LogP contribution in [0.4, 0.5) is 13.2 Å². The molecular formula is C6H3F3NW-. The standard InChI is InChI=1S/C6H3F3N.W/c7-6(8,9)5-2-1-3-10-4-5;/h2-4H;/q-1;. The molecule has 0 fully saturated rings. The van der Waals surface area contributed by atoms with Gasteiger partial charge in [-0.15, -0.1) is 0 Å². The van der Waals surface area contributed by atoms with Gasteiger partial charge in [0.15, 0.2) is 0 Å². The molecule has 1 aromatic heterocycles. The zero-order valence-corrected chi connectivity index (χ0v) is 8.15. The molecule has 5 heteroatoms. The number of hydrogen-bond donors (Lipinski definition) is 0. The predicted molar refractivity (Wildman–Crippen MR) is 28.1 cm³/mol. The summed E-state index contributed by atoms with van der Waals surface area (Å²) >= 11 is 0. The van der Waals surface area contributed by atoms with Crippen molar-refractivity contribution in [3.63, 3.8) is 0 Å². The number of halogens is 3. The molecular weight excluding hydrogens is 327 g/mol. The van der Waals surface area contributed by atoms with Gasteiger partial charge in [0.05, 0.1) is 0 Å². The van der Waals surface area contributed by atoms with Crippen molar-refractivity contribution in [2.45, 2.75) is 6.18 Å². The quantitative estimate of drug-likeness (QED) is 0.662. The molecule has 0 saturated heterocycles. The number of aromatic nitrogens is 1. The molecule has 0 amide bonds. The van der Waals surface area contributed by atoms with Gasteiger partial charge in [0.1, 0.15) is 0 Å². The van der Waals surface area contributed by atoms with E-state index in [0.717, 1.165) is 12.3 Å². The summed E-state index contributed by atoms with van der Waals surface area (Å²) in [5.74, 6) is 0. The maximum absolute atomic E-state index is 11.7. The molecule has 0 radical (unpaired) electrons. The third-order valence-corrected chi connectivity index (χ3v) is 0.929. The molecule has 0 aliphatic carbocycles. The van der Waals surface area contributed by atoms with Gasteiger partial charge in [-0.1, -0.05) is 11.8 Å². The van der Waals surface area contributed by atoms with Gasteiger partial charge in [0, 0.05) is 21.1 Å². The molecule has 11 heavy (non-hydrogen) atoms. The van der Waals surface area contributed by atoms with Crippen molar-refractivity contribution in [2.75, 3.05) is 0 Å². The molecule has 60 valence electrons. The molecule has 0 spiro atoms. The van der Waals surface area contributed by atoms with Crippen molar-refractivity contribution < 1.29 is 34.2 Å². The summed E-state index contributed by atoms with van der Waals surface area (Å²) in [4.78, 5) is 3.28. The molecule has 0 aliphatic heterocycles. The van der Waals surface area contributed by atoms with E-state index in [2.05, 4.69) is 11.1 Å². The Morgan fingerprint density at radius 2 is 2.00 bits per heavy atom. The Balaban J connectivity index is 0.000001000. The van der Waals surface area contributed by atoms with Gasteiger partial charge < -0.3 is 4.98 Å². The van der Waals surface area contributed by atoms with Gasteiger partial charge in [-0.3, -0.25) is 0 Å². The summed E-state index contributed by atoms with van der Waals surface area (Å²) in [7, 11) is 0. The van der Waals surface area contributed by atoms with Crippen LogP contribution in [0.25, 0.3) is 0 Å². The first kappa shape index (κ1) is 10.6. The smallest absolute Gasteiger partial charge is 0.303 e. The van der Waals surface area contributed by atoms with Gasteiger partial charge in [0.2, 0.25) is 0 Å². The Morgan fingerprint density at radius 3 is 2.27 bits per heavy atom. The summed E-state index contributed by atoms with van der Waals surface area (Å²) < 4.78 is 35.2. The van der Waals surface area contributed by atoms with E-state index in [4.69, 9.17) is 0 Å². The van der Waals surface area contributed by atoms with Gasteiger partial charge in [-0.2, -0.15) is 13.2 Å². The molecule has 1 rings (SSSR count). The fourth-order valence-electron chi connectivity index (χ4n) is 0.480. The molecule has 1 heterocycles. The van der Waals surface area contributed by atoms with Gasteiger partial charge in [-0.05, 0) is 6.20 Å². The average Bonchev–Trinajstić information content (AvgIpc) is 1.88.